The normalized spacial score (nSPS) is 10.9. The fraction of sp³-hybridized carbons (Fsp3) is 0.412. The highest BCUT2D eigenvalue weighted by Crippen LogP contribution is 2.13. The van der Waals surface area contributed by atoms with E-state index < -0.39 is 0 Å². The molecule has 5 nitrogen and oxygen atoms in total. The maximum atomic E-state index is 5.52. The van der Waals surface area contributed by atoms with Crippen LogP contribution in [0.1, 0.15) is 23.2 Å². The van der Waals surface area contributed by atoms with Crippen molar-refractivity contribution in [3.8, 4) is 5.75 Å². The third-order valence-electron chi connectivity index (χ3n) is 3.23. The minimum absolute atomic E-state index is 0. The summed E-state index contributed by atoms with van der Waals surface area (Å²) in [7, 11) is 1.78. The van der Waals surface area contributed by atoms with Crippen LogP contribution in [0.15, 0.2) is 34.6 Å². The highest BCUT2D eigenvalue weighted by Gasteiger charge is 2.02. The van der Waals surface area contributed by atoms with Crippen LogP contribution in [0.5, 0.6) is 5.75 Å². The third-order valence-corrected chi connectivity index (χ3v) is 4.06. The van der Waals surface area contributed by atoms with Gasteiger partial charge < -0.3 is 15.4 Å². The molecule has 2 aromatic rings. The van der Waals surface area contributed by atoms with Crippen molar-refractivity contribution in [3.63, 3.8) is 0 Å². The second kappa shape index (κ2) is 11.2. The maximum absolute atomic E-state index is 5.52. The highest BCUT2D eigenvalue weighted by molar-refractivity contribution is 14.0. The number of aromatic nitrogens is 1. The van der Waals surface area contributed by atoms with Crippen LogP contribution in [0.25, 0.3) is 0 Å². The van der Waals surface area contributed by atoms with Crippen molar-refractivity contribution < 1.29 is 4.74 Å². The van der Waals surface area contributed by atoms with Crippen LogP contribution in [-0.4, -0.2) is 31.1 Å². The number of ether oxygens (including phenoxy) is 1. The van der Waals surface area contributed by atoms with Crippen LogP contribution in [-0.2, 0) is 13.0 Å². The molecule has 24 heavy (non-hydrogen) atoms. The summed E-state index contributed by atoms with van der Waals surface area (Å²) in [5.74, 6) is 1.69. The van der Waals surface area contributed by atoms with Gasteiger partial charge in [0, 0.05) is 31.9 Å². The van der Waals surface area contributed by atoms with Gasteiger partial charge in [0.05, 0.1) is 17.3 Å². The predicted molar refractivity (Wildman–Crippen MR) is 112 cm³/mol. The second-order valence-corrected chi connectivity index (χ2v) is 6.10. The van der Waals surface area contributed by atoms with Crippen LogP contribution < -0.4 is 15.4 Å². The minimum atomic E-state index is 0. The Morgan fingerprint density at radius 1 is 1.33 bits per heavy atom. The molecule has 7 heteroatoms. The van der Waals surface area contributed by atoms with Gasteiger partial charge in [-0.2, -0.15) is 0 Å². The van der Waals surface area contributed by atoms with Crippen LogP contribution in [0, 0.1) is 6.92 Å². The molecular weight excluding hydrogens is 435 g/mol. The largest absolute Gasteiger partial charge is 0.494 e. The van der Waals surface area contributed by atoms with Gasteiger partial charge in [0.15, 0.2) is 5.96 Å². The quantitative estimate of drug-likeness (QED) is 0.378. The zero-order valence-corrected chi connectivity index (χ0v) is 17.5. The first kappa shape index (κ1) is 20.7. The van der Waals surface area contributed by atoms with Crippen LogP contribution in [0.3, 0.4) is 0 Å². The first-order valence-corrected chi connectivity index (χ1v) is 8.66. The predicted octanol–water partition coefficient (Wildman–Crippen LogP) is 3.38. The van der Waals surface area contributed by atoms with Crippen LogP contribution in [0.2, 0.25) is 0 Å². The van der Waals surface area contributed by atoms with Crippen molar-refractivity contribution in [1.82, 2.24) is 15.6 Å². The Morgan fingerprint density at radius 3 is 2.83 bits per heavy atom. The summed E-state index contributed by atoms with van der Waals surface area (Å²) in [6.07, 6.45) is 0.894. The van der Waals surface area contributed by atoms with Gasteiger partial charge in [-0.1, -0.05) is 12.1 Å². The molecule has 0 aliphatic carbocycles. The number of aryl methyl sites for hydroxylation is 1. The van der Waals surface area contributed by atoms with Crippen molar-refractivity contribution in [2.75, 3.05) is 20.2 Å². The second-order valence-electron chi connectivity index (χ2n) is 5.04. The van der Waals surface area contributed by atoms with E-state index in [1.807, 2.05) is 32.0 Å². The molecule has 0 aliphatic heterocycles. The van der Waals surface area contributed by atoms with E-state index in [9.17, 15) is 0 Å². The average molecular weight is 460 g/mol. The molecule has 0 radical (unpaired) electrons. The Morgan fingerprint density at radius 2 is 2.17 bits per heavy atom. The van der Waals surface area contributed by atoms with Crippen molar-refractivity contribution in [2.45, 2.75) is 26.8 Å². The molecule has 0 spiro atoms. The molecule has 0 atom stereocenters. The minimum Gasteiger partial charge on any atom is -0.494 e. The Balaban J connectivity index is 0.00000288. The molecule has 0 bridgehead atoms. The zero-order chi connectivity index (χ0) is 16.5. The topological polar surface area (TPSA) is 58.5 Å². The summed E-state index contributed by atoms with van der Waals surface area (Å²) in [6, 6.07) is 8.08. The lowest BCUT2D eigenvalue weighted by Gasteiger charge is -2.12. The molecule has 0 saturated carbocycles. The summed E-state index contributed by atoms with van der Waals surface area (Å²) in [5.41, 5.74) is 2.29. The molecule has 1 heterocycles. The Labute approximate surface area is 165 Å². The van der Waals surface area contributed by atoms with E-state index in [1.165, 1.54) is 0 Å². The number of thiazole rings is 1. The number of hydrogen-bond acceptors (Lipinski definition) is 4. The molecule has 0 aliphatic rings. The number of halogens is 1. The van der Waals surface area contributed by atoms with E-state index in [0.29, 0.717) is 13.2 Å². The molecule has 2 rings (SSSR count). The van der Waals surface area contributed by atoms with Gasteiger partial charge >= 0.3 is 0 Å². The molecule has 0 amide bonds. The van der Waals surface area contributed by atoms with Crippen LogP contribution >= 0.6 is 35.3 Å². The number of guanidine groups is 1. The third kappa shape index (κ3) is 7.04. The van der Waals surface area contributed by atoms with Gasteiger partial charge in [-0.05, 0) is 31.5 Å². The number of nitrogens with zero attached hydrogens (tertiary/aromatic N) is 2. The van der Waals surface area contributed by atoms with E-state index in [4.69, 9.17) is 4.74 Å². The molecule has 132 valence electrons. The van der Waals surface area contributed by atoms with E-state index >= 15 is 0 Å². The molecule has 0 unspecified atom stereocenters. The first-order valence-electron chi connectivity index (χ1n) is 7.78. The van der Waals surface area contributed by atoms with Gasteiger partial charge in [0.1, 0.15) is 5.75 Å². The Hall–Kier alpha value is -1.35. The van der Waals surface area contributed by atoms with E-state index in [0.717, 1.165) is 40.9 Å². The smallest absolute Gasteiger partial charge is 0.191 e. The van der Waals surface area contributed by atoms with Crippen molar-refractivity contribution >= 4 is 41.3 Å². The summed E-state index contributed by atoms with van der Waals surface area (Å²) < 4.78 is 5.52. The summed E-state index contributed by atoms with van der Waals surface area (Å²) in [5, 5.41) is 9.83. The van der Waals surface area contributed by atoms with Crippen LogP contribution in [0.4, 0.5) is 0 Å². The lowest BCUT2D eigenvalue weighted by Crippen LogP contribution is -2.37. The summed E-state index contributed by atoms with van der Waals surface area (Å²) >= 11 is 1.69. The fourth-order valence-electron chi connectivity index (χ4n) is 2.15. The average Bonchev–Trinajstić information content (AvgIpc) is 2.97. The molecular formula is C17H25IN4OS. The number of benzene rings is 1. The van der Waals surface area contributed by atoms with Gasteiger partial charge in [-0.3, -0.25) is 4.99 Å². The number of nitrogens with one attached hydrogen (secondary N) is 2. The summed E-state index contributed by atoms with van der Waals surface area (Å²) in [4.78, 5) is 8.70. The molecule has 2 N–H and O–H groups in total. The number of rotatable bonds is 7. The van der Waals surface area contributed by atoms with E-state index in [2.05, 4.69) is 32.1 Å². The molecule has 1 aromatic carbocycles. The maximum Gasteiger partial charge on any atom is 0.191 e. The van der Waals surface area contributed by atoms with Gasteiger partial charge in [-0.15, -0.1) is 35.3 Å². The van der Waals surface area contributed by atoms with E-state index in [-0.39, 0.29) is 24.0 Å². The van der Waals surface area contributed by atoms with Gasteiger partial charge in [0.25, 0.3) is 0 Å². The lowest BCUT2D eigenvalue weighted by atomic mass is 10.2. The van der Waals surface area contributed by atoms with Gasteiger partial charge in [0.2, 0.25) is 0 Å². The highest BCUT2D eigenvalue weighted by atomic mass is 127. The van der Waals surface area contributed by atoms with E-state index in [1.54, 1.807) is 18.4 Å². The molecule has 0 saturated heterocycles. The van der Waals surface area contributed by atoms with Crippen molar-refractivity contribution in [2.24, 2.45) is 4.99 Å². The zero-order valence-electron chi connectivity index (χ0n) is 14.3. The lowest BCUT2D eigenvalue weighted by molar-refractivity contribution is 0.340. The number of hydrogen-bond donors (Lipinski definition) is 2. The van der Waals surface area contributed by atoms with Gasteiger partial charge in [-0.25, -0.2) is 4.98 Å². The van der Waals surface area contributed by atoms with Crippen molar-refractivity contribution in [3.05, 3.63) is 45.9 Å². The Kier molecular flexibility index (Phi) is 9.70. The fourth-order valence-corrected chi connectivity index (χ4v) is 2.80. The summed E-state index contributed by atoms with van der Waals surface area (Å²) in [6.45, 7) is 6.20. The molecule has 1 aromatic heterocycles. The first-order chi connectivity index (χ1) is 11.2. The monoisotopic (exact) mass is 460 g/mol. The Bertz CT molecular complexity index is 645. The molecule has 0 fully saturated rings. The van der Waals surface area contributed by atoms with Crippen molar-refractivity contribution in [1.29, 1.82) is 0 Å². The SMILES string of the molecule is CCOc1cccc(CNC(=NC)NCCc2csc(C)n2)c1.I. The number of aliphatic imine (C=N–C) groups is 1. The standard InChI is InChI=1S/C17H24N4OS.HI/c1-4-22-16-7-5-6-14(10-16)11-20-17(18-3)19-9-8-15-12-23-13(2)21-15;/h5-7,10,12H,4,8-9,11H2,1-3H3,(H2,18,19,20);1H.